The number of carbonyl (C=O) groups is 1. The number of carbonyl (C=O) groups excluding carboxylic acids is 1. The van der Waals surface area contributed by atoms with Crippen molar-refractivity contribution < 1.29 is 4.79 Å². The van der Waals surface area contributed by atoms with Crippen LogP contribution >= 0.6 is 0 Å². The van der Waals surface area contributed by atoms with E-state index in [9.17, 15) is 10.1 Å². The summed E-state index contributed by atoms with van der Waals surface area (Å²) < 4.78 is 0. The summed E-state index contributed by atoms with van der Waals surface area (Å²) in [4.78, 5) is 15.5. The second-order valence-corrected chi connectivity index (χ2v) is 5.69. The number of nitrogens with zero attached hydrogens (tertiary/aromatic N) is 1. The number of allylic oxidation sites excluding steroid dienone is 2. The normalized spacial score (nSPS) is 24.9. The lowest BCUT2D eigenvalue weighted by Crippen LogP contribution is -2.32. The quantitative estimate of drug-likeness (QED) is 0.851. The average molecular weight is 278 g/mol. The Morgan fingerprint density at radius 1 is 1.43 bits per heavy atom. The molecule has 3 rings (SSSR count). The van der Waals surface area contributed by atoms with Crippen molar-refractivity contribution in [3.8, 4) is 6.07 Å². The van der Waals surface area contributed by atoms with Crippen LogP contribution in [0, 0.1) is 23.2 Å². The lowest BCUT2D eigenvalue weighted by atomic mass is 9.70. The smallest absolute Gasteiger partial charge is 0.133 e. The number of rotatable bonds is 2. The highest BCUT2D eigenvalue weighted by Gasteiger charge is 2.39. The SMILES string of the molecule is C/C=C/[C@@H]1[C@H](C(C)=O)Cc2c([nH]c3ccccc23)[C@@H]1C#N. The molecule has 3 atom stereocenters. The predicted octanol–water partition coefficient (Wildman–Crippen LogP) is 3.73. The highest BCUT2D eigenvalue weighted by molar-refractivity contribution is 5.87. The van der Waals surface area contributed by atoms with E-state index >= 15 is 0 Å². The number of aromatic amines is 1. The fraction of sp³-hybridized carbons (Fsp3) is 0.333. The first kappa shape index (κ1) is 13.6. The zero-order valence-electron chi connectivity index (χ0n) is 12.3. The molecule has 1 heterocycles. The van der Waals surface area contributed by atoms with Crippen molar-refractivity contribution in [3.63, 3.8) is 0 Å². The molecule has 0 saturated heterocycles. The molecule has 1 aromatic heterocycles. The Morgan fingerprint density at radius 2 is 2.19 bits per heavy atom. The van der Waals surface area contributed by atoms with Crippen molar-refractivity contribution in [1.82, 2.24) is 4.98 Å². The van der Waals surface area contributed by atoms with Crippen LogP contribution in [0.25, 0.3) is 10.9 Å². The number of nitriles is 1. The molecule has 0 saturated carbocycles. The Bertz CT molecular complexity index is 763. The van der Waals surface area contributed by atoms with Gasteiger partial charge in [0.1, 0.15) is 5.78 Å². The van der Waals surface area contributed by atoms with Crippen molar-refractivity contribution in [3.05, 3.63) is 47.7 Å². The van der Waals surface area contributed by atoms with Gasteiger partial charge in [-0.3, -0.25) is 4.79 Å². The van der Waals surface area contributed by atoms with E-state index in [0.29, 0.717) is 6.42 Å². The molecule has 0 fully saturated rings. The van der Waals surface area contributed by atoms with Gasteiger partial charge in [0.2, 0.25) is 0 Å². The van der Waals surface area contributed by atoms with Crippen LogP contribution in [0.4, 0.5) is 0 Å². The third-order valence-corrected chi connectivity index (χ3v) is 4.51. The van der Waals surface area contributed by atoms with E-state index < -0.39 is 0 Å². The van der Waals surface area contributed by atoms with Gasteiger partial charge >= 0.3 is 0 Å². The summed E-state index contributed by atoms with van der Waals surface area (Å²) in [6.45, 7) is 3.57. The number of nitrogens with one attached hydrogen (secondary N) is 1. The molecule has 21 heavy (non-hydrogen) atoms. The number of fused-ring (bicyclic) bond motifs is 3. The molecule has 0 aliphatic heterocycles. The Morgan fingerprint density at radius 3 is 2.86 bits per heavy atom. The highest BCUT2D eigenvalue weighted by Crippen LogP contribution is 2.43. The third kappa shape index (κ3) is 2.08. The number of hydrogen-bond donors (Lipinski definition) is 1. The number of Topliss-reactive ketones (excluding diaryl/α,β-unsaturated/α-hetero) is 1. The fourth-order valence-corrected chi connectivity index (χ4v) is 3.52. The second-order valence-electron chi connectivity index (χ2n) is 5.69. The molecule has 3 heteroatoms. The first-order chi connectivity index (χ1) is 10.2. The Labute approximate surface area is 124 Å². The van der Waals surface area contributed by atoms with Gasteiger partial charge in [0.25, 0.3) is 0 Å². The van der Waals surface area contributed by atoms with Gasteiger partial charge in [-0.2, -0.15) is 5.26 Å². The van der Waals surface area contributed by atoms with Crippen LogP contribution in [0.1, 0.15) is 31.0 Å². The van der Waals surface area contributed by atoms with Crippen LogP contribution in [0.3, 0.4) is 0 Å². The van der Waals surface area contributed by atoms with Gasteiger partial charge in [-0.05, 0) is 31.9 Å². The number of hydrogen-bond acceptors (Lipinski definition) is 2. The van der Waals surface area contributed by atoms with Crippen LogP contribution in [0.2, 0.25) is 0 Å². The predicted molar refractivity (Wildman–Crippen MR) is 82.8 cm³/mol. The van der Waals surface area contributed by atoms with Crippen LogP contribution in [0.5, 0.6) is 0 Å². The standard InChI is InChI=1S/C18H18N2O/c1-3-6-12-14(11(2)21)9-15-13-7-4-5-8-17(13)20-18(15)16(12)10-19/h3-8,12,14,16,20H,9H2,1-2H3/b6-3+/t12-,14+,16-/m1/s1. The molecular formula is C18H18N2O. The van der Waals surface area contributed by atoms with Gasteiger partial charge in [0.05, 0.1) is 12.0 Å². The zero-order valence-corrected chi connectivity index (χ0v) is 12.3. The molecule has 0 amide bonds. The zero-order chi connectivity index (χ0) is 15.0. The minimum Gasteiger partial charge on any atom is -0.357 e. The Hall–Kier alpha value is -2.34. The summed E-state index contributed by atoms with van der Waals surface area (Å²) in [5.41, 5.74) is 3.17. The van der Waals surface area contributed by atoms with Gasteiger partial charge in [0, 0.05) is 28.4 Å². The maximum absolute atomic E-state index is 12.1. The molecule has 106 valence electrons. The number of para-hydroxylation sites is 1. The molecule has 1 aliphatic carbocycles. The maximum atomic E-state index is 12.1. The molecule has 1 aromatic carbocycles. The lowest BCUT2D eigenvalue weighted by Gasteiger charge is -2.31. The molecule has 2 aromatic rings. The van der Waals surface area contributed by atoms with Gasteiger partial charge in [-0.1, -0.05) is 30.4 Å². The summed E-state index contributed by atoms with van der Waals surface area (Å²) in [5.74, 6) is -0.281. The maximum Gasteiger partial charge on any atom is 0.133 e. The number of benzene rings is 1. The van der Waals surface area contributed by atoms with Crippen molar-refractivity contribution in [1.29, 1.82) is 5.26 Å². The summed E-state index contributed by atoms with van der Waals surface area (Å²) in [7, 11) is 0. The van der Waals surface area contributed by atoms with Crippen LogP contribution in [-0.4, -0.2) is 10.8 Å². The molecule has 0 bridgehead atoms. The van der Waals surface area contributed by atoms with Gasteiger partial charge in [0.15, 0.2) is 0 Å². The van der Waals surface area contributed by atoms with Gasteiger partial charge in [-0.25, -0.2) is 0 Å². The Balaban J connectivity index is 2.22. The van der Waals surface area contributed by atoms with E-state index in [-0.39, 0.29) is 23.5 Å². The van der Waals surface area contributed by atoms with E-state index in [1.54, 1.807) is 6.92 Å². The summed E-state index contributed by atoms with van der Waals surface area (Å²) in [5, 5.41) is 10.8. The summed E-state index contributed by atoms with van der Waals surface area (Å²) in [6.07, 6.45) is 4.66. The van der Waals surface area contributed by atoms with E-state index in [1.807, 2.05) is 37.3 Å². The molecule has 0 spiro atoms. The van der Waals surface area contributed by atoms with E-state index in [1.165, 1.54) is 0 Å². The Kier molecular flexibility index (Phi) is 3.39. The van der Waals surface area contributed by atoms with Crippen molar-refractivity contribution in [2.75, 3.05) is 0 Å². The summed E-state index contributed by atoms with van der Waals surface area (Å²) >= 11 is 0. The third-order valence-electron chi connectivity index (χ3n) is 4.51. The molecule has 1 N–H and O–H groups in total. The van der Waals surface area contributed by atoms with Gasteiger partial charge < -0.3 is 4.98 Å². The van der Waals surface area contributed by atoms with Crippen LogP contribution < -0.4 is 0 Å². The largest absolute Gasteiger partial charge is 0.357 e. The van der Waals surface area contributed by atoms with Crippen molar-refractivity contribution >= 4 is 16.7 Å². The van der Waals surface area contributed by atoms with Gasteiger partial charge in [-0.15, -0.1) is 0 Å². The first-order valence-corrected chi connectivity index (χ1v) is 7.29. The van der Waals surface area contributed by atoms with E-state index in [0.717, 1.165) is 22.2 Å². The molecule has 0 radical (unpaired) electrons. The monoisotopic (exact) mass is 278 g/mol. The molecule has 1 aliphatic rings. The van der Waals surface area contributed by atoms with Crippen LogP contribution in [0.15, 0.2) is 36.4 Å². The first-order valence-electron chi connectivity index (χ1n) is 7.29. The minimum atomic E-state index is -0.286. The topological polar surface area (TPSA) is 56.6 Å². The average Bonchev–Trinajstić information content (AvgIpc) is 2.84. The molecule has 3 nitrogen and oxygen atoms in total. The summed E-state index contributed by atoms with van der Waals surface area (Å²) in [6, 6.07) is 10.5. The van der Waals surface area contributed by atoms with E-state index in [4.69, 9.17) is 0 Å². The van der Waals surface area contributed by atoms with E-state index in [2.05, 4.69) is 17.1 Å². The fourth-order valence-electron chi connectivity index (χ4n) is 3.52. The molecule has 0 unspecified atom stereocenters. The van der Waals surface area contributed by atoms with Crippen molar-refractivity contribution in [2.45, 2.75) is 26.2 Å². The van der Waals surface area contributed by atoms with Crippen LogP contribution in [-0.2, 0) is 11.2 Å². The van der Waals surface area contributed by atoms with Crippen molar-refractivity contribution in [2.24, 2.45) is 11.8 Å². The lowest BCUT2D eigenvalue weighted by molar-refractivity contribution is -0.122. The molecular weight excluding hydrogens is 260 g/mol. The second kappa shape index (κ2) is 5.21. The number of ketones is 1. The minimum absolute atomic E-state index is 0.0435. The number of aromatic nitrogens is 1. The highest BCUT2D eigenvalue weighted by atomic mass is 16.1. The number of H-pyrrole nitrogens is 1.